The molecule has 0 bridgehead atoms. The molecule has 0 saturated carbocycles. The molecule has 2 aliphatic heterocycles. The number of halogens is 1. The topological polar surface area (TPSA) is 57.7 Å². The number of amides is 3. The summed E-state index contributed by atoms with van der Waals surface area (Å²) in [6.45, 7) is 0.773. The fraction of sp³-hybridized carbons (Fsp3) is 0.357. The fourth-order valence-corrected chi connectivity index (χ4v) is 3.43. The van der Waals surface area contributed by atoms with Crippen LogP contribution in [0.3, 0.4) is 0 Å². The molecule has 1 atom stereocenters. The highest BCUT2D eigenvalue weighted by atomic mass is 32.2. The zero-order valence-electron chi connectivity index (χ0n) is 11.1. The Balaban J connectivity index is 1.71. The van der Waals surface area contributed by atoms with Gasteiger partial charge in [-0.25, -0.2) is 4.39 Å². The van der Waals surface area contributed by atoms with E-state index in [4.69, 9.17) is 0 Å². The van der Waals surface area contributed by atoms with Crippen molar-refractivity contribution >= 4 is 28.8 Å². The monoisotopic (exact) mass is 308 g/mol. The van der Waals surface area contributed by atoms with Crippen LogP contribution in [0.5, 0.6) is 0 Å². The predicted molar refractivity (Wildman–Crippen MR) is 75.4 cm³/mol. The Labute approximate surface area is 125 Å². The predicted octanol–water partition coefficient (Wildman–Crippen LogP) is 1.74. The number of imide groups is 1. The molecule has 5 nitrogen and oxygen atoms in total. The van der Waals surface area contributed by atoms with Crippen molar-refractivity contribution in [2.75, 3.05) is 18.8 Å². The third kappa shape index (κ3) is 2.65. The molecule has 0 N–H and O–H groups in total. The molecule has 7 heteroatoms. The van der Waals surface area contributed by atoms with Crippen molar-refractivity contribution in [3.05, 3.63) is 35.6 Å². The van der Waals surface area contributed by atoms with Gasteiger partial charge in [-0.3, -0.25) is 19.3 Å². The molecule has 2 saturated heterocycles. The van der Waals surface area contributed by atoms with E-state index in [1.54, 1.807) is 11.0 Å². The van der Waals surface area contributed by atoms with Gasteiger partial charge in [0.05, 0.1) is 11.8 Å². The minimum Gasteiger partial charge on any atom is -0.336 e. The van der Waals surface area contributed by atoms with Crippen molar-refractivity contribution in [1.82, 2.24) is 9.80 Å². The summed E-state index contributed by atoms with van der Waals surface area (Å²) in [4.78, 5) is 38.5. The molecule has 2 heterocycles. The van der Waals surface area contributed by atoms with Crippen molar-refractivity contribution in [3.8, 4) is 0 Å². The first-order chi connectivity index (χ1) is 10.1. The minimum atomic E-state index is -0.460. The summed E-state index contributed by atoms with van der Waals surface area (Å²) in [5, 5.41) is -0.245. The van der Waals surface area contributed by atoms with Gasteiger partial charge < -0.3 is 4.90 Å². The summed E-state index contributed by atoms with van der Waals surface area (Å²) in [5.74, 6) is -0.760. The number of carbonyl (C=O) groups excluding carboxylic acids is 3. The molecule has 0 radical (unpaired) electrons. The van der Waals surface area contributed by atoms with E-state index in [9.17, 15) is 18.8 Å². The van der Waals surface area contributed by atoms with Crippen LogP contribution in [0.2, 0.25) is 0 Å². The lowest BCUT2D eigenvalue weighted by Crippen LogP contribution is -2.41. The lowest BCUT2D eigenvalue weighted by Gasteiger charge is -2.22. The smallest absolute Gasteiger partial charge is 0.289 e. The standard InChI is InChI=1S/C14H13FN2O3S/c15-10-3-1-2-9(6-10)13(19)16-5-4-11(7-16)17-12(18)8-21-14(17)20/h1-3,6,11H,4-5,7-8H2. The maximum absolute atomic E-state index is 13.2. The lowest BCUT2D eigenvalue weighted by atomic mass is 10.2. The van der Waals surface area contributed by atoms with Gasteiger partial charge in [-0.15, -0.1) is 0 Å². The first-order valence-electron chi connectivity index (χ1n) is 6.60. The number of likely N-dealkylation sites (tertiary alicyclic amines) is 1. The van der Waals surface area contributed by atoms with Crippen molar-refractivity contribution in [2.45, 2.75) is 12.5 Å². The van der Waals surface area contributed by atoms with E-state index >= 15 is 0 Å². The van der Waals surface area contributed by atoms with E-state index in [1.165, 1.54) is 23.1 Å². The highest BCUT2D eigenvalue weighted by molar-refractivity contribution is 8.14. The minimum absolute atomic E-state index is 0.174. The van der Waals surface area contributed by atoms with Gasteiger partial charge in [0.15, 0.2) is 0 Å². The summed E-state index contributed by atoms with van der Waals surface area (Å²) in [5.41, 5.74) is 0.282. The van der Waals surface area contributed by atoms with Gasteiger partial charge >= 0.3 is 0 Å². The molecule has 1 aromatic rings. The zero-order valence-corrected chi connectivity index (χ0v) is 11.9. The zero-order chi connectivity index (χ0) is 15.0. The van der Waals surface area contributed by atoms with E-state index in [0.29, 0.717) is 19.5 Å². The second kappa shape index (κ2) is 5.48. The second-order valence-corrected chi connectivity index (χ2v) is 5.95. The average molecular weight is 308 g/mol. The Morgan fingerprint density at radius 2 is 2.14 bits per heavy atom. The normalized spacial score (nSPS) is 22.2. The molecule has 0 spiro atoms. The van der Waals surface area contributed by atoms with Crippen LogP contribution >= 0.6 is 11.8 Å². The number of hydrogen-bond acceptors (Lipinski definition) is 4. The highest BCUT2D eigenvalue weighted by Crippen LogP contribution is 2.26. The Hall–Kier alpha value is -1.89. The van der Waals surface area contributed by atoms with Crippen LogP contribution in [-0.2, 0) is 4.79 Å². The van der Waals surface area contributed by atoms with Crippen LogP contribution in [0.25, 0.3) is 0 Å². The van der Waals surface area contributed by atoms with Gasteiger partial charge in [-0.2, -0.15) is 0 Å². The first-order valence-corrected chi connectivity index (χ1v) is 7.58. The second-order valence-electron chi connectivity index (χ2n) is 5.02. The van der Waals surface area contributed by atoms with Gasteiger partial charge in [-0.05, 0) is 24.6 Å². The Bertz CT molecular complexity index is 606. The third-order valence-corrected chi connectivity index (χ3v) is 4.51. The van der Waals surface area contributed by atoms with Crippen LogP contribution < -0.4 is 0 Å². The van der Waals surface area contributed by atoms with Gasteiger partial charge in [0.1, 0.15) is 5.82 Å². The largest absolute Gasteiger partial charge is 0.336 e. The highest BCUT2D eigenvalue weighted by Gasteiger charge is 2.40. The maximum atomic E-state index is 13.2. The Morgan fingerprint density at radius 3 is 2.81 bits per heavy atom. The number of hydrogen-bond donors (Lipinski definition) is 0. The molecule has 2 aliphatic rings. The summed E-state index contributed by atoms with van der Waals surface area (Å²) in [7, 11) is 0. The average Bonchev–Trinajstić information content (AvgIpc) is 3.05. The fourth-order valence-electron chi connectivity index (χ4n) is 2.66. The van der Waals surface area contributed by atoms with Crippen molar-refractivity contribution in [2.24, 2.45) is 0 Å². The van der Waals surface area contributed by atoms with E-state index in [-0.39, 0.29) is 34.4 Å². The molecule has 0 aromatic heterocycles. The molecular formula is C14H13FN2O3S. The third-order valence-electron chi connectivity index (χ3n) is 3.67. The van der Waals surface area contributed by atoms with Crippen LogP contribution in [0.4, 0.5) is 9.18 Å². The number of thioether (sulfide) groups is 1. The number of nitrogens with zero attached hydrogens (tertiary/aromatic N) is 2. The molecule has 0 aliphatic carbocycles. The molecule has 1 unspecified atom stereocenters. The quantitative estimate of drug-likeness (QED) is 0.835. The van der Waals surface area contributed by atoms with Crippen LogP contribution in [0.15, 0.2) is 24.3 Å². The summed E-state index contributed by atoms with van der Waals surface area (Å²) < 4.78 is 13.2. The molecule has 21 heavy (non-hydrogen) atoms. The molecule has 110 valence electrons. The van der Waals surface area contributed by atoms with Gasteiger partial charge in [0.25, 0.3) is 11.1 Å². The molecular weight excluding hydrogens is 295 g/mol. The SMILES string of the molecule is O=C(c1cccc(F)c1)N1CCC(N2C(=O)CSC2=O)C1. The van der Waals surface area contributed by atoms with E-state index in [0.717, 1.165) is 11.8 Å². The molecule has 2 fully saturated rings. The number of benzene rings is 1. The molecule has 3 rings (SSSR count). The van der Waals surface area contributed by atoms with Crippen LogP contribution in [0.1, 0.15) is 16.8 Å². The summed E-state index contributed by atoms with van der Waals surface area (Å²) >= 11 is 0.993. The van der Waals surface area contributed by atoms with Crippen LogP contribution in [0, 0.1) is 5.82 Å². The van der Waals surface area contributed by atoms with E-state index in [1.807, 2.05) is 0 Å². The molecule has 3 amide bonds. The van der Waals surface area contributed by atoms with Gasteiger partial charge in [-0.1, -0.05) is 17.8 Å². The lowest BCUT2D eigenvalue weighted by molar-refractivity contribution is -0.126. The number of carbonyl (C=O) groups is 3. The Morgan fingerprint density at radius 1 is 1.33 bits per heavy atom. The van der Waals surface area contributed by atoms with Crippen LogP contribution in [-0.4, -0.2) is 51.7 Å². The maximum Gasteiger partial charge on any atom is 0.289 e. The first kappa shape index (κ1) is 14.1. The Kier molecular flexibility index (Phi) is 3.67. The van der Waals surface area contributed by atoms with Gasteiger partial charge in [0, 0.05) is 18.7 Å². The van der Waals surface area contributed by atoms with Crippen molar-refractivity contribution < 1.29 is 18.8 Å². The van der Waals surface area contributed by atoms with Crippen molar-refractivity contribution in [1.29, 1.82) is 0 Å². The van der Waals surface area contributed by atoms with Gasteiger partial charge in [0.2, 0.25) is 5.91 Å². The van der Waals surface area contributed by atoms with Crippen molar-refractivity contribution in [3.63, 3.8) is 0 Å². The van der Waals surface area contributed by atoms with E-state index in [2.05, 4.69) is 0 Å². The number of rotatable bonds is 2. The summed E-state index contributed by atoms with van der Waals surface area (Å²) in [6.07, 6.45) is 0.569. The van der Waals surface area contributed by atoms with E-state index < -0.39 is 5.82 Å². The molecule has 1 aromatic carbocycles. The summed E-state index contributed by atoms with van der Waals surface area (Å²) in [6, 6.07) is 5.25.